The Morgan fingerprint density at radius 2 is 2.13 bits per heavy atom. The van der Waals surface area contributed by atoms with E-state index in [0.717, 1.165) is 11.6 Å². The Hall–Kier alpha value is -3.61. The van der Waals surface area contributed by atoms with Crippen molar-refractivity contribution in [2.45, 2.75) is 10.9 Å². The van der Waals surface area contributed by atoms with E-state index in [4.69, 9.17) is 10.0 Å². The molecule has 30 heavy (non-hydrogen) atoms. The number of hydrogen-bond donors (Lipinski definition) is 3. The molecule has 3 aromatic rings. The molecule has 4 rings (SSSR count). The van der Waals surface area contributed by atoms with Crippen molar-refractivity contribution in [3.05, 3.63) is 83.2 Å². The first kappa shape index (κ1) is 19.7. The number of amides is 1. The van der Waals surface area contributed by atoms with Gasteiger partial charge in [-0.1, -0.05) is 42.5 Å². The average molecular weight is 420 g/mol. The Morgan fingerprint density at radius 1 is 1.37 bits per heavy atom. The maximum Gasteiger partial charge on any atom is 0.272 e. The first-order chi connectivity index (χ1) is 14.5. The number of carbonyl (C=O) groups excluding carboxylic acids is 1. The molecule has 1 amide bonds. The van der Waals surface area contributed by atoms with Gasteiger partial charge in [-0.25, -0.2) is 9.71 Å². The van der Waals surface area contributed by atoms with Gasteiger partial charge in [0.05, 0.1) is 10.9 Å². The predicted molar refractivity (Wildman–Crippen MR) is 112 cm³/mol. The quantitative estimate of drug-likeness (QED) is 0.562. The lowest BCUT2D eigenvalue weighted by Crippen LogP contribution is -2.20. The fraction of sp³-hybridized carbons (Fsp3) is 0.0952. The van der Waals surface area contributed by atoms with Gasteiger partial charge < -0.3 is 9.88 Å². The molecule has 0 spiro atoms. The molecule has 0 fully saturated rings. The lowest BCUT2D eigenvalue weighted by atomic mass is 10.1. The molecule has 0 aliphatic carbocycles. The van der Waals surface area contributed by atoms with Crippen LogP contribution in [0.4, 0.5) is 10.1 Å². The number of nitriles is 1. The fourth-order valence-corrected chi connectivity index (χ4v) is 4.54. The molecule has 3 heterocycles. The Bertz CT molecular complexity index is 1230. The van der Waals surface area contributed by atoms with Gasteiger partial charge in [0.2, 0.25) is 5.95 Å². The molecule has 0 bridgehead atoms. The summed E-state index contributed by atoms with van der Waals surface area (Å²) in [6, 6.07) is 13.7. The van der Waals surface area contributed by atoms with Crippen LogP contribution in [0, 0.1) is 22.1 Å². The second kappa shape index (κ2) is 8.02. The second-order valence-corrected chi connectivity index (χ2v) is 7.96. The molecule has 0 radical (unpaired) electrons. The minimum atomic E-state index is -1.05. The van der Waals surface area contributed by atoms with Crippen LogP contribution in [0.2, 0.25) is 0 Å². The number of carbonyl (C=O) groups is 1. The number of aryl methyl sites for hydroxylation is 1. The van der Waals surface area contributed by atoms with E-state index >= 15 is 0 Å². The van der Waals surface area contributed by atoms with Crippen molar-refractivity contribution in [3.63, 3.8) is 0 Å². The standard InChI is InChI=1S/C21H17FN6OS/c1-28-12-18-16(7-8-17(27-30(18)24)13-5-3-2-4-6-13)20(28)21(29)26-14-9-15(11-23)25-19(22)10-14/h2-10,12,17H,1H3,(H2,24,27)(H,25,26,29). The van der Waals surface area contributed by atoms with Gasteiger partial charge in [-0.3, -0.25) is 9.57 Å². The van der Waals surface area contributed by atoms with Crippen molar-refractivity contribution in [2.75, 3.05) is 5.32 Å². The van der Waals surface area contributed by atoms with Crippen LogP contribution >= 0.6 is 0 Å². The molecular weight excluding hydrogens is 403 g/mol. The van der Waals surface area contributed by atoms with Crippen molar-refractivity contribution in [2.24, 2.45) is 7.05 Å². The largest absolute Gasteiger partial charge is 0.345 e. The molecular formula is C21H17FN6OS. The lowest BCUT2D eigenvalue weighted by molar-refractivity contribution is 0.101. The molecule has 2 aromatic heterocycles. The molecule has 9 heteroatoms. The molecule has 2 unspecified atom stereocenters. The maximum atomic E-state index is 13.6. The molecule has 0 saturated carbocycles. The number of aromatic nitrogens is 2. The summed E-state index contributed by atoms with van der Waals surface area (Å²) in [5.74, 6) is -1.31. The summed E-state index contributed by atoms with van der Waals surface area (Å²) in [5, 5.41) is 11.6. The zero-order chi connectivity index (χ0) is 21.3. The van der Waals surface area contributed by atoms with Crippen molar-refractivity contribution in [3.8, 4) is 6.07 Å². The molecule has 7 nitrogen and oxygen atoms in total. The SMILES string of the molecule is Cn1cc2c(c1C(=O)Nc1cc(F)nc(C#N)c1)C=CC(c1ccccc1)NS2=N. The number of nitrogens with one attached hydrogen (secondary N) is 3. The summed E-state index contributed by atoms with van der Waals surface area (Å²) in [4.78, 5) is 17.1. The number of rotatable bonds is 3. The third-order valence-corrected chi connectivity index (χ3v) is 5.90. The van der Waals surface area contributed by atoms with Gasteiger partial charge in [0.1, 0.15) is 17.5 Å². The Morgan fingerprint density at radius 3 is 2.87 bits per heavy atom. The van der Waals surface area contributed by atoms with Gasteiger partial charge in [-0.05, 0) is 22.5 Å². The minimum Gasteiger partial charge on any atom is -0.345 e. The first-order valence-electron chi connectivity index (χ1n) is 8.99. The summed E-state index contributed by atoms with van der Waals surface area (Å²) in [5.41, 5.74) is 2.02. The summed E-state index contributed by atoms with van der Waals surface area (Å²) in [7, 11) is 0.669. The zero-order valence-electron chi connectivity index (χ0n) is 15.9. The van der Waals surface area contributed by atoms with Gasteiger partial charge in [0.15, 0.2) is 0 Å². The molecule has 1 aliphatic heterocycles. The number of benzene rings is 1. The van der Waals surface area contributed by atoms with Crippen molar-refractivity contribution < 1.29 is 9.18 Å². The number of hydrogen-bond acceptors (Lipinski definition) is 4. The topological polar surface area (TPSA) is 107 Å². The van der Waals surface area contributed by atoms with E-state index in [2.05, 4.69) is 15.0 Å². The maximum absolute atomic E-state index is 13.6. The van der Waals surface area contributed by atoms with E-state index in [1.807, 2.05) is 42.5 Å². The van der Waals surface area contributed by atoms with Crippen LogP contribution in [-0.4, -0.2) is 15.5 Å². The first-order valence-corrected chi connectivity index (χ1v) is 10.2. The highest BCUT2D eigenvalue weighted by atomic mass is 32.2. The third kappa shape index (κ3) is 3.78. The molecule has 3 N–H and O–H groups in total. The highest BCUT2D eigenvalue weighted by molar-refractivity contribution is 7.84. The van der Waals surface area contributed by atoms with Crippen LogP contribution in [0.25, 0.3) is 6.08 Å². The van der Waals surface area contributed by atoms with Crippen LogP contribution in [0.3, 0.4) is 0 Å². The highest BCUT2D eigenvalue weighted by Gasteiger charge is 2.24. The number of nitrogens with zero attached hydrogens (tertiary/aromatic N) is 3. The summed E-state index contributed by atoms with van der Waals surface area (Å²) in [6.07, 6.45) is 5.51. The lowest BCUT2D eigenvalue weighted by Gasteiger charge is -2.14. The van der Waals surface area contributed by atoms with Crippen molar-refractivity contribution in [1.82, 2.24) is 14.3 Å². The normalized spacial score (nSPS) is 17.6. The number of pyridine rings is 1. The summed E-state index contributed by atoms with van der Waals surface area (Å²) < 4.78 is 27.1. The number of fused-ring (bicyclic) bond motifs is 1. The smallest absolute Gasteiger partial charge is 0.272 e. The fourth-order valence-electron chi connectivity index (χ4n) is 3.30. The van der Waals surface area contributed by atoms with E-state index in [0.29, 0.717) is 16.2 Å². The van der Waals surface area contributed by atoms with E-state index in [1.54, 1.807) is 23.9 Å². The van der Waals surface area contributed by atoms with Crippen molar-refractivity contribution >= 4 is 28.5 Å². The van der Waals surface area contributed by atoms with E-state index < -0.39 is 22.7 Å². The third-order valence-electron chi connectivity index (χ3n) is 4.64. The van der Waals surface area contributed by atoms with Gasteiger partial charge in [0, 0.05) is 30.6 Å². The van der Waals surface area contributed by atoms with E-state index in [9.17, 15) is 9.18 Å². The second-order valence-electron chi connectivity index (χ2n) is 6.67. The molecule has 0 saturated heterocycles. The van der Waals surface area contributed by atoms with Crippen molar-refractivity contribution in [1.29, 1.82) is 10.0 Å². The van der Waals surface area contributed by atoms with Gasteiger partial charge in [0.25, 0.3) is 5.91 Å². The van der Waals surface area contributed by atoms with Crippen LogP contribution in [0.5, 0.6) is 0 Å². The van der Waals surface area contributed by atoms with Crippen LogP contribution in [-0.2, 0) is 17.9 Å². The Balaban J connectivity index is 1.69. The Labute approximate surface area is 174 Å². The molecule has 1 aromatic carbocycles. The molecule has 150 valence electrons. The van der Waals surface area contributed by atoms with Gasteiger partial charge in [-0.15, -0.1) is 0 Å². The average Bonchev–Trinajstić information content (AvgIpc) is 2.98. The van der Waals surface area contributed by atoms with E-state index in [-0.39, 0.29) is 17.4 Å². The Kier molecular flexibility index (Phi) is 5.27. The summed E-state index contributed by atoms with van der Waals surface area (Å²) >= 11 is 0. The highest BCUT2D eigenvalue weighted by Crippen LogP contribution is 2.29. The summed E-state index contributed by atoms with van der Waals surface area (Å²) in [6.45, 7) is 0. The van der Waals surface area contributed by atoms with E-state index in [1.165, 1.54) is 6.07 Å². The minimum absolute atomic E-state index is 0.126. The van der Waals surface area contributed by atoms with Gasteiger partial charge in [-0.2, -0.15) is 9.65 Å². The van der Waals surface area contributed by atoms with Crippen LogP contribution in [0.1, 0.15) is 33.4 Å². The molecule has 1 aliphatic rings. The number of halogens is 1. The zero-order valence-corrected chi connectivity index (χ0v) is 16.7. The predicted octanol–water partition coefficient (Wildman–Crippen LogP) is 3.70. The van der Waals surface area contributed by atoms with Crippen LogP contribution < -0.4 is 10.0 Å². The monoisotopic (exact) mass is 420 g/mol. The van der Waals surface area contributed by atoms with Crippen LogP contribution in [0.15, 0.2) is 59.6 Å². The number of anilines is 1. The molecule has 2 atom stereocenters. The van der Waals surface area contributed by atoms with Gasteiger partial charge >= 0.3 is 0 Å².